The van der Waals surface area contributed by atoms with Gasteiger partial charge in [0.1, 0.15) is 0 Å². The molecule has 0 radical (unpaired) electrons. The number of hydrogen-bond acceptors (Lipinski definition) is 3. The smallest absolute Gasteiger partial charge is 0.155 e. The van der Waals surface area contributed by atoms with Gasteiger partial charge in [-0.1, -0.05) is 20.8 Å². The molecule has 0 aromatic carbocycles. The number of nitrogens with zero attached hydrogens (tertiary/aromatic N) is 2. The maximum atomic E-state index is 12.1. The SMILES string of the molecule is CCc1nn(CC)c(CC(=O)C(N)C(C)C)c1Br. The number of halogens is 1. The second kappa shape index (κ2) is 6.48. The van der Waals surface area contributed by atoms with Crippen LogP contribution in [0.1, 0.15) is 39.1 Å². The van der Waals surface area contributed by atoms with Gasteiger partial charge in [-0.2, -0.15) is 5.10 Å². The molecule has 0 aliphatic carbocycles. The molecule has 4 nitrogen and oxygen atoms in total. The van der Waals surface area contributed by atoms with Crippen molar-refractivity contribution in [2.45, 2.75) is 53.1 Å². The Morgan fingerprint density at radius 1 is 1.44 bits per heavy atom. The standard InChI is InChI=1S/C13H22BrN3O/c1-5-9-12(14)10(17(6-2)16-9)7-11(18)13(15)8(3)4/h8,13H,5-7,15H2,1-4H3. The third-order valence-electron chi connectivity index (χ3n) is 3.13. The topological polar surface area (TPSA) is 60.9 Å². The lowest BCUT2D eigenvalue weighted by atomic mass is 9.98. The van der Waals surface area contributed by atoms with E-state index in [0.717, 1.165) is 28.8 Å². The van der Waals surface area contributed by atoms with E-state index >= 15 is 0 Å². The summed E-state index contributed by atoms with van der Waals surface area (Å²) in [6, 6.07) is -0.401. The van der Waals surface area contributed by atoms with Gasteiger partial charge in [-0.15, -0.1) is 0 Å². The fourth-order valence-corrected chi connectivity index (χ4v) is 2.55. The van der Waals surface area contributed by atoms with Crippen LogP contribution in [0.3, 0.4) is 0 Å². The Morgan fingerprint density at radius 2 is 2.06 bits per heavy atom. The van der Waals surface area contributed by atoms with Gasteiger partial charge in [-0.05, 0) is 35.2 Å². The predicted molar refractivity (Wildman–Crippen MR) is 76.5 cm³/mol. The van der Waals surface area contributed by atoms with Crippen LogP contribution in [0.25, 0.3) is 0 Å². The van der Waals surface area contributed by atoms with Crippen LogP contribution in [-0.4, -0.2) is 21.6 Å². The Hall–Kier alpha value is -0.680. The molecule has 1 unspecified atom stereocenters. The van der Waals surface area contributed by atoms with Crippen molar-refractivity contribution >= 4 is 21.7 Å². The van der Waals surface area contributed by atoms with Crippen molar-refractivity contribution in [3.8, 4) is 0 Å². The van der Waals surface area contributed by atoms with Gasteiger partial charge in [-0.3, -0.25) is 9.48 Å². The summed E-state index contributed by atoms with van der Waals surface area (Å²) in [6.45, 7) is 8.77. The summed E-state index contributed by atoms with van der Waals surface area (Å²) in [5.74, 6) is 0.239. The van der Waals surface area contributed by atoms with E-state index in [1.807, 2.05) is 25.5 Å². The third-order valence-corrected chi connectivity index (χ3v) is 4.04. The van der Waals surface area contributed by atoms with E-state index in [9.17, 15) is 4.79 Å². The summed E-state index contributed by atoms with van der Waals surface area (Å²) in [7, 11) is 0. The van der Waals surface area contributed by atoms with E-state index < -0.39 is 6.04 Å². The molecule has 1 rings (SSSR count). The highest BCUT2D eigenvalue weighted by Crippen LogP contribution is 2.23. The highest BCUT2D eigenvalue weighted by molar-refractivity contribution is 9.10. The normalized spacial score (nSPS) is 13.1. The van der Waals surface area contributed by atoms with Crippen LogP contribution in [0.15, 0.2) is 4.47 Å². The van der Waals surface area contributed by atoms with Crippen molar-refractivity contribution in [3.05, 3.63) is 15.9 Å². The average Bonchev–Trinajstić information content (AvgIpc) is 2.65. The number of aromatic nitrogens is 2. The first kappa shape index (κ1) is 15.4. The van der Waals surface area contributed by atoms with Crippen LogP contribution >= 0.6 is 15.9 Å². The van der Waals surface area contributed by atoms with E-state index in [1.165, 1.54) is 0 Å². The Bertz CT molecular complexity index is 426. The molecule has 0 saturated heterocycles. The molecule has 1 atom stereocenters. The van der Waals surface area contributed by atoms with Crippen molar-refractivity contribution in [1.82, 2.24) is 9.78 Å². The van der Waals surface area contributed by atoms with Crippen molar-refractivity contribution in [1.29, 1.82) is 0 Å². The van der Waals surface area contributed by atoms with Crippen LogP contribution in [-0.2, 0) is 24.2 Å². The number of aryl methyl sites for hydroxylation is 2. The van der Waals surface area contributed by atoms with Crippen molar-refractivity contribution in [2.24, 2.45) is 11.7 Å². The molecule has 18 heavy (non-hydrogen) atoms. The minimum absolute atomic E-state index is 0.0722. The number of Topliss-reactive ketones (excluding diaryl/α,β-unsaturated/α-hetero) is 1. The minimum atomic E-state index is -0.401. The molecular formula is C13H22BrN3O. The van der Waals surface area contributed by atoms with Gasteiger partial charge in [-0.25, -0.2) is 0 Å². The molecule has 2 N–H and O–H groups in total. The van der Waals surface area contributed by atoms with Gasteiger partial charge in [0.25, 0.3) is 0 Å². The number of rotatable bonds is 6. The Morgan fingerprint density at radius 3 is 2.50 bits per heavy atom. The molecule has 0 fully saturated rings. The molecule has 0 saturated carbocycles. The summed E-state index contributed by atoms with van der Waals surface area (Å²) in [5, 5.41) is 4.48. The number of carbonyl (C=O) groups excluding carboxylic acids is 1. The van der Waals surface area contributed by atoms with Crippen molar-refractivity contribution < 1.29 is 4.79 Å². The molecule has 5 heteroatoms. The first-order chi connectivity index (χ1) is 8.42. The van der Waals surface area contributed by atoms with Crippen LogP contribution in [0, 0.1) is 5.92 Å². The van der Waals surface area contributed by atoms with E-state index in [-0.39, 0.29) is 11.7 Å². The lowest BCUT2D eigenvalue weighted by Gasteiger charge is -2.14. The lowest BCUT2D eigenvalue weighted by molar-refractivity contribution is -0.120. The van der Waals surface area contributed by atoms with Gasteiger partial charge in [0.2, 0.25) is 0 Å². The van der Waals surface area contributed by atoms with E-state index in [1.54, 1.807) is 0 Å². The lowest BCUT2D eigenvalue weighted by Crippen LogP contribution is -2.37. The first-order valence-electron chi connectivity index (χ1n) is 6.44. The van der Waals surface area contributed by atoms with E-state index in [2.05, 4.69) is 28.0 Å². The van der Waals surface area contributed by atoms with Crippen LogP contribution in [0.2, 0.25) is 0 Å². The maximum Gasteiger partial charge on any atom is 0.155 e. The molecule has 0 aliphatic rings. The maximum absolute atomic E-state index is 12.1. The number of nitrogens with two attached hydrogens (primary N) is 1. The molecule has 0 spiro atoms. The summed E-state index contributed by atoms with van der Waals surface area (Å²) >= 11 is 3.54. The monoisotopic (exact) mass is 315 g/mol. The molecule has 0 amide bonds. The van der Waals surface area contributed by atoms with Crippen molar-refractivity contribution in [3.63, 3.8) is 0 Å². The Kier molecular flexibility index (Phi) is 5.53. The first-order valence-corrected chi connectivity index (χ1v) is 7.23. The highest BCUT2D eigenvalue weighted by Gasteiger charge is 2.22. The molecule has 1 aromatic heterocycles. The molecule has 102 valence electrons. The van der Waals surface area contributed by atoms with Crippen molar-refractivity contribution in [2.75, 3.05) is 0 Å². The van der Waals surface area contributed by atoms with Gasteiger partial charge < -0.3 is 5.73 Å². The second-order valence-corrected chi connectivity index (χ2v) is 5.58. The molecule has 0 aliphatic heterocycles. The van der Waals surface area contributed by atoms with E-state index in [0.29, 0.717) is 6.42 Å². The molecule has 1 aromatic rings. The summed E-state index contributed by atoms with van der Waals surface area (Å²) in [5.41, 5.74) is 7.83. The van der Waals surface area contributed by atoms with Crippen LogP contribution in [0.5, 0.6) is 0 Å². The number of ketones is 1. The van der Waals surface area contributed by atoms with Gasteiger partial charge in [0.15, 0.2) is 5.78 Å². The number of carbonyl (C=O) groups is 1. The highest BCUT2D eigenvalue weighted by atomic mass is 79.9. The fourth-order valence-electron chi connectivity index (χ4n) is 1.84. The number of hydrogen-bond donors (Lipinski definition) is 1. The van der Waals surface area contributed by atoms with Crippen LogP contribution < -0.4 is 5.73 Å². The summed E-state index contributed by atoms with van der Waals surface area (Å²) in [4.78, 5) is 12.1. The van der Waals surface area contributed by atoms with Crippen LogP contribution in [0.4, 0.5) is 0 Å². The summed E-state index contributed by atoms with van der Waals surface area (Å²) in [6.07, 6.45) is 1.20. The molecule has 1 heterocycles. The quantitative estimate of drug-likeness (QED) is 0.876. The molecule has 0 bridgehead atoms. The van der Waals surface area contributed by atoms with E-state index in [4.69, 9.17) is 5.73 Å². The van der Waals surface area contributed by atoms with Gasteiger partial charge in [0, 0.05) is 6.54 Å². The summed E-state index contributed by atoms with van der Waals surface area (Å²) < 4.78 is 2.84. The average molecular weight is 316 g/mol. The van der Waals surface area contributed by atoms with Gasteiger partial charge >= 0.3 is 0 Å². The third kappa shape index (κ3) is 3.20. The Balaban J connectivity index is 2.96. The largest absolute Gasteiger partial charge is 0.321 e. The Labute approximate surface area is 117 Å². The van der Waals surface area contributed by atoms with Gasteiger partial charge in [0.05, 0.1) is 28.3 Å². The zero-order valence-corrected chi connectivity index (χ0v) is 13.1. The minimum Gasteiger partial charge on any atom is -0.321 e. The predicted octanol–water partition coefficient (Wildman–Crippen LogP) is 2.32. The molecular weight excluding hydrogens is 294 g/mol. The fraction of sp³-hybridized carbons (Fsp3) is 0.692. The second-order valence-electron chi connectivity index (χ2n) is 4.79. The zero-order valence-electron chi connectivity index (χ0n) is 11.5. The zero-order chi connectivity index (χ0) is 13.9.